The average molecular weight is 478 g/mol. The second-order valence-electron chi connectivity index (χ2n) is 8.89. The van der Waals surface area contributed by atoms with Crippen LogP contribution in [0.4, 0.5) is 14.8 Å². The number of nitrogens with one attached hydrogen (secondary N) is 1. The van der Waals surface area contributed by atoms with Gasteiger partial charge in [-0.1, -0.05) is 13.0 Å². The summed E-state index contributed by atoms with van der Waals surface area (Å²) in [5.74, 6) is -0.810. The fraction of sp³-hybridized carbons (Fsp3) is 0.308. The zero-order valence-corrected chi connectivity index (χ0v) is 19.5. The lowest BCUT2D eigenvalue weighted by Crippen LogP contribution is -2.51. The number of rotatable bonds is 5. The molecular formula is C26H25F2N5O2. The summed E-state index contributed by atoms with van der Waals surface area (Å²) >= 11 is 0. The number of aryl methyl sites for hydroxylation is 1. The highest BCUT2D eigenvalue weighted by Crippen LogP contribution is 2.31. The van der Waals surface area contributed by atoms with Gasteiger partial charge in [0.25, 0.3) is 11.9 Å². The smallest absolute Gasteiger partial charge is 0.295 e. The maximum atomic E-state index is 15.2. The van der Waals surface area contributed by atoms with Crippen molar-refractivity contribution in [1.82, 2.24) is 19.9 Å². The van der Waals surface area contributed by atoms with Gasteiger partial charge in [-0.05, 0) is 55.5 Å². The van der Waals surface area contributed by atoms with E-state index in [1.54, 1.807) is 36.1 Å². The number of benzene rings is 2. The van der Waals surface area contributed by atoms with Gasteiger partial charge in [-0.3, -0.25) is 4.79 Å². The number of aromatic nitrogens is 3. The Bertz CT molecular complexity index is 1380. The molecule has 0 spiro atoms. The monoisotopic (exact) mass is 477 g/mol. The second kappa shape index (κ2) is 9.40. The van der Waals surface area contributed by atoms with E-state index in [0.717, 1.165) is 12.8 Å². The van der Waals surface area contributed by atoms with Crippen molar-refractivity contribution in [3.63, 3.8) is 0 Å². The van der Waals surface area contributed by atoms with Crippen LogP contribution in [0, 0.1) is 24.5 Å². The third kappa shape index (κ3) is 4.45. The quantitative estimate of drug-likeness (QED) is 0.424. The first-order valence-corrected chi connectivity index (χ1v) is 11.6. The molecule has 0 radical (unpaired) electrons. The normalized spacial score (nSPS) is 18.1. The molecule has 2 atom stereocenters. The number of hydrogen-bond donors (Lipinski definition) is 1. The highest BCUT2D eigenvalue weighted by Gasteiger charge is 2.34. The van der Waals surface area contributed by atoms with Crippen molar-refractivity contribution in [1.29, 1.82) is 0 Å². The number of carbonyl (C=O) groups excluding carboxylic acids is 1. The van der Waals surface area contributed by atoms with Crippen LogP contribution in [0.15, 0.2) is 53.2 Å². The molecule has 35 heavy (non-hydrogen) atoms. The van der Waals surface area contributed by atoms with Crippen LogP contribution >= 0.6 is 0 Å². The Morgan fingerprint density at radius 2 is 2.00 bits per heavy atom. The summed E-state index contributed by atoms with van der Waals surface area (Å²) in [4.78, 5) is 28.3. The van der Waals surface area contributed by atoms with Gasteiger partial charge in [-0.15, -0.1) is 0 Å². The Hall–Kier alpha value is -3.88. The lowest BCUT2D eigenvalue weighted by atomic mass is 9.89. The lowest BCUT2D eigenvalue weighted by molar-refractivity contribution is 0.0539. The molecule has 0 aliphatic carbocycles. The molecule has 4 aromatic rings. The highest BCUT2D eigenvalue weighted by molar-refractivity contribution is 6.00. The number of piperidine rings is 1. The molecule has 0 saturated carbocycles. The van der Waals surface area contributed by atoms with Gasteiger partial charge >= 0.3 is 0 Å². The van der Waals surface area contributed by atoms with E-state index in [9.17, 15) is 9.18 Å². The molecule has 0 bridgehead atoms. The van der Waals surface area contributed by atoms with Gasteiger partial charge in [0.1, 0.15) is 17.2 Å². The summed E-state index contributed by atoms with van der Waals surface area (Å²) in [5, 5.41) is 3.16. The van der Waals surface area contributed by atoms with E-state index in [1.165, 1.54) is 24.5 Å². The number of likely N-dealkylation sites (tertiary alicyclic amines) is 1. The first kappa shape index (κ1) is 22.9. The van der Waals surface area contributed by atoms with E-state index in [2.05, 4.69) is 27.2 Å². The van der Waals surface area contributed by atoms with Gasteiger partial charge < -0.3 is 14.6 Å². The summed E-state index contributed by atoms with van der Waals surface area (Å²) in [7, 11) is 0. The summed E-state index contributed by atoms with van der Waals surface area (Å²) in [6, 6.07) is 9.13. The number of hydrogen-bond acceptors (Lipinski definition) is 6. The summed E-state index contributed by atoms with van der Waals surface area (Å²) < 4.78 is 34.4. The number of anilines is 1. The highest BCUT2D eigenvalue weighted by atomic mass is 19.1. The van der Waals surface area contributed by atoms with E-state index in [1.807, 2.05) is 0 Å². The fourth-order valence-corrected chi connectivity index (χ4v) is 4.64. The van der Waals surface area contributed by atoms with Crippen LogP contribution in [0.3, 0.4) is 0 Å². The van der Waals surface area contributed by atoms with Crippen LogP contribution in [0.5, 0.6) is 0 Å². The number of fused-ring (bicyclic) bond motifs is 1. The van der Waals surface area contributed by atoms with Crippen molar-refractivity contribution < 1.29 is 18.0 Å². The molecule has 0 unspecified atom stereocenters. The van der Waals surface area contributed by atoms with E-state index in [-0.39, 0.29) is 40.8 Å². The Morgan fingerprint density at radius 1 is 1.20 bits per heavy atom. The van der Waals surface area contributed by atoms with Gasteiger partial charge in [-0.2, -0.15) is 4.98 Å². The minimum Gasteiger partial charge on any atom is -0.423 e. The first-order chi connectivity index (χ1) is 16.9. The number of oxazole rings is 1. The second-order valence-corrected chi connectivity index (χ2v) is 8.89. The molecule has 1 saturated heterocycles. The van der Waals surface area contributed by atoms with E-state index < -0.39 is 11.6 Å². The molecule has 1 amide bonds. The topological polar surface area (TPSA) is 84.2 Å². The Balaban J connectivity index is 1.44. The SMILES string of the molecule is Cc1ccc(C(=O)N2CCC[C@@H](C)[C@H]2CNc2nc3ccc(F)cc3o2)c(-c2ncccn2)c1F. The van der Waals surface area contributed by atoms with Gasteiger partial charge in [0.05, 0.1) is 17.2 Å². The van der Waals surface area contributed by atoms with Crippen LogP contribution in [-0.4, -0.2) is 44.9 Å². The molecule has 180 valence electrons. The van der Waals surface area contributed by atoms with Crippen LogP contribution < -0.4 is 5.32 Å². The number of carbonyl (C=O) groups is 1. The van der Waals surface area contributed by atoms with Crippen molar-refractivity contribution in [2.75, 3.05) is 18.4 Å². The van der Waals surface area contributed by atoms with E-state index in [4.69, 9.17) is 4.42 Å². The molecule has 9 heteroatoms. The molecule has 2 aromatic heterocycles. The van der Waals surface area contributed by atoms with Crippen molar-refractivity contribution in [2.45, 2.75) is 32.7 Å². The molecule has 1 aliphatic rings. The summed E-state index contributed by atoms with van der Waals surface area (Å²) in [5.41, 5.74) is 1.65. The molecule has 1 fully saturated rings. The molecule has 2 aromatic carbocycles. The number of halogens is 2. The van der Waals surface area contributed by atoms with Crippen molar-refractivity contribution >= 4 is 23.0 Å². The van der Waals surface area contributed by atoms with Gasteiger partial charge in [0.2, 0.25) is 0 Å². The molecular weight excluding hydrogens is 452 g/mol. The predicted molar refractivity (Wildman–Crippen MR) is 128 cm³/mol. The molecule has 1 aliphatic heterocycles. The molecule has 5 rings (SSSR count). The zero-order valence-electron chi connectivity index (χ0n) is 19.5. The lowest BCUT2D eigenvalue weighted by Gasteiger charge is -2.40. The largest absolute Gasteiger partial charge is 0.423 e. The van der Waals surface area contributed by atoms with Crippen LogP contribution in [-0.2, 0) is 0 Å². The maximum Gasteiger partial charge on any atom is 0.295 e. The van der Waals surface area contributed by atoms with Gasteiger partial charge in [-0.25, -0.2) is 18.7 Å². The molecule has 7 nitrogen and oxygen atoms in total. The van der Waals surface area contributed by atoms with Crippen LogP contribution in [0.2, 0.25) is 0 Å². The predicted octanol–water partition coefficient (Wildman–Crippen LogP) is 5.22. The van der Waals surface area contributed by atoms with Crippen molar-refractivity contribution in [3.05, 3.63) is 71.6 Å². The van der Waals surface area contributed by atoms with Crippen LogP contribution in [0.25, 0.3) is 22.5 Å². The van der Waals surface area contributed by atoms with Crippen molar-refractivity contribution in [3.8, 4) is 11.4 Å². The standard InChI is InChI=1S/C26H25F2N5O2/c1-15-5-3-12-33(20(15)14-31-26-32-19-9-7-17(27)13-21(19)35-26)25(34)18-8-6-16(2)23(28)22(18)24-29-10-4-11-30-24/h4,6-11,13,15,20H,3,5,12,14H2,1-2H3,(H,31,32)/t15-,20-/m1/s1. The van der Waals surface area contributed by atoms with Gasteiger partial charge in [0.15, 0.2) is 11.4 Å². The zero-order chi connectivity index (χ0) is 24.5. The Kier molecular flexibility index (Phi) is 6.15. The average Bonchev–Trinajstić information content (AvgIpc) is 3.26. The molecule has 3 heterocycles. The number of amides is 1. The molecule has 1 N–H and O–H groups in total. The third-order valence-corrected chi connectivity index (χ3v) is 6.54. The Labute approximate surface area is 201 Å². The third-order valence-electron chi connectivity index (χ3n) is 6.54. The van der Waals surface area contributed by atoms with E-state index >= 15 is 4.39 Å². The fourth-order valence-electron chi connectivity index (χ4n) is 4.64. The minimum absolute atomic E-state index is 0.113. The maximum absolute atomic E-state index is 15.2. The first-order valence-electron chi connectivity index (χ1n) is 11.6. The van der Waals surface area contributed by atoms with E-state index in [0.29, 0.717) is 29.8 Å². The minimum atomic E-state index is -0.500. The summed E-state index contributed by atoms with van der Waals surface area (Å²) in [6.07, 6.45) is 4.85. The number of nitrogens with zero attached hydrogens (tertiary/aromatic N) is 4. The van der Waals surface area contributed by atoms with Gasteiger partial charge in [0, 0.05) is 31.5 Å². The van der Waals surface area contributed by atoms with Crippen LogP contribution in [0.1, 0.15) is 35.7 Å². The Morgan fingerprint density at radius 3 is 2.80 bits per heavy atom. The van der Waals surface area contributed by atoms with Crippen molar-refractivity contribution in [2.24, 2.45) is 5.92 Å². The summed E-state index contributed by atoms with van der Waals surface area (Å²) in [6.45, 7) is 4.66.